The van der Waals surface area contributed by atoms with Gasteiger partial charge >= 0.3 is 11.4 Å². The molecular weight excluding hydrogens is 580 g/mol. The van der Waals surface area contributed by atoms with Crippen molar-refractivity contribution in [2.24, 2.45) is 0 Å². The molecule has 4 aromatic rings. The minimum atomic E-state index is -0.235. The van der Waals surface area contributed by atoms with Crippen LogP contribution in [0, 0.1) is 0 Å². The largest absolute Gasteiger partial charge is 0.353 e. The monoisotopic (exact) mass is 611 g/mol. The quantitative estimate of drug-likeness (QED) is 0.305. The average Bonchev–Trinajstić information content (AvgIpc) is 3.64. The van der Waals surface area contributed by atoms with Gasteiger partial charge in [0.05, 0.1) is 29.1 Å². The maximum absolute atomic E-state index is 14.0. The van der Waals surface area contributed by atoms with Gasteiger partial charge in [-0.1, -0.05) is 18.5 Å². The number of H-pyrrole nitrogens is 2. The maximum Gasteiger partial charge on any atom is 0.350 e. The Bertz CT molecular complexity index is 1820. The molecule has 2 unspecified atom stereocenters. The second-order valence-electron chi connectivity index (χ2n) is 11.5. The van der Waals surface area contributed by atoms with Crippen molar-refractivity contribution in [2.75, 3.05) is 56.5 Å². The number of rotatable bonds is 4. The third kappa shape index (κ3) is 4.29. The number of likely N-dealkylation sites (N-methyl/N-ethyl adjacent to an activating group) is 1. The van der Waals surface area contributed by atoms with Crippen LogP contribution in [0.4, 0.5) is 5.82 Å². The van der Waals surface area contributed by atoms with E-state index in [1.54, 1.807) is 11.8 Å². The van der Waals surface area contributed by atoms with Crippen LogP contribution < -0.4 is 21.6 Å². The number of aromatic amines is 2. The number of anilines is 1. The summed E-state index contributed by atoms with van der Waals surface area (Å²) in [6.45, 7) is 8.88. The fourth-order valence-electron chi connectivity index (χ4n) is 7.07. The van der Waals surface area contributed by atoms with E-state index in [0.717, 1.165) is 102 Å². The third-order valence-corrected chi connectivity index (χ3v) is 11.5. The number of halogens is 1. The van der Waals surface area contributed by atoms with E-state index in [0.29, 0.717) is 22.9 Å². The van der Waals surface area contributed by atoms with Gasteiger partial charge in [-0.2, -0.15) is 4.98 Å². The summed E-state index contributed by atoms with van der Waals surface area (Å²) in [5, 5.41) is 7.25. The van der Waals surface area contributed by atoms with E-state index >= 15 is 0 Å². The molecule has 4 aliphatic heterocycles. The molecule has 10 nitrogen and oxygen atoms in total. The summed E-state index contributed by atoms with van der Waals surface area (Å²) < 4.78 is 4.27. The first kappa shape index (κ1) is 26.0. The average molecular weight is 612 g/mol. The zero-order valence-electron chi connectivity index (χ0n) is 22.8. The van der Waals surface area contributed by atoms with E-state index in [-0.39, 0.29) is 17.4 Å². The fraction of sp³-hybridized carbons (Fsp3) is 0.500. The van der Waals surface area contributed by atoms with Crippen molar-refractivity contribution in [3.05, 3.63) is 37.4 Å². The summed E-state index contributed by atoms with van der Waals surface area (Å²) in [6.07, 6.45) is 4.54. The molecular formula is C28H32ClN8O2S2+. The Labute approximate surface area is 249 Å². The number of nitrogens with zero attached hydrogens (tertiary/aromatic N) is 5. The molecule has 41 heavy (non-hydrogen) atoms. The molecule has 3 aromatic heterocycles. The minimum absolute atomic E-state index is 0.111. The van der Waals surface area contributed by atoms with Gasteiger partial charge in [0.1, 0.15) is 16.7 Å². The van der Waals surface area contributed by atoms with Crippen molar-refractivity contribution in [3.63, 3.8) is 0 Å². The number of nitrogens with one attached hydrogen (secondary N) is 3. The zero-order chi connectivity index (χ0) is 27.8. The van der Waals surface area contributed by atoms with Crippen LogP contribution in [0.15, 0.2) is 25.9 Å². The summed E-state index contributed by atoms with van der Waals surface area (Å²) >= 11 is 10.4. The first-order valence-electron chi connectivity index (χ1n) is 14.4. The molecule has 214 valence electrons. The summed E-state index contributed by atoms with van der Waals surface area (Å²) in [6, 6.07) is 2.71. The molecule has 1 aromatic carbocycles. The van der Waals surface area contributed by atoms with Gasteiger partial charge in [0, 0.05) is 57.7 Å². The van der Waals surface area contributed by atoms with Crippen LogP contribution in [-0.4, -0.2) is 98.9 Å². The number of imidazole rings is 1. The topological polar surface area (TPSA) is 105 Å². The molecule has 0 saturated carbocycles. The van der Waals surface area contributed by atoms with Gasteiger partial charge in [0.25, 0.3) is 0 Å². The van der Waals surface area contributed by atoms with Crippen molar-refractivity contribution in [2.45, 2.75) is 42.8 Å². The molecule has 3 N–H and O–H groups in total. The molecule has 2 bridgehead atoms. The Kier molecular flexibility index (Phi) is 6.33. The number of aromatic nitrogens is 4. The van der Waals surface area contributed by atoms with Crippen LogP contribution in [0.25, 0.3) is 32.4 Å². The summed E-state index contributed by atoms with van der Waals surface area (Å²) in [7, 11) is 0. The van der Waals surface area contributed by atoms with Crippen molar-refractivity contribution >= 4 is 68.0 Å². The van der Waals surface area contributed by atoms with E-state index in [4.69, 9.17) is 16.6 Å². The lowest BCUT2D eigenvalue weighted by Gasteiger charge is -2.35. The molecule has 0 spiro atoms. The predicted octanol–water partition coefficient (Wildman–Crippen LogP) is 2.95. The smallest absolute Gasteiger partial charge is 0.350 e. The molecule has 0 amide bonds. The van der Waals surface area contributed by atoms with Crippen LogP contribution in [0.1, 0.15) is 25.8 Å². The van der Waals surface area contributed by atoms with E-state index in [9.17, 15) is 9.59 Å². The molecule has 3 atom stereocenters. The van der Waals surface area contributed by atoms with Crippen LogP contribution in [0.2, 0.25) is 5.02 Å². The first-order chi connectivity index (χ1) is 20.0. The molecule has 0 aliphatic carbocycles. The normalized spacial score (nSPS) is 24.6. The van der Waals surface area contributed by atoms with E-state index in [1.807, 2.05) is 16.0 Å². The highest BCUT2D eigenvalue weighted by molar-refractivity contribution is 7.99. The van der Waals surface area contributed by atoms with Crippen LogP contribution in [0.3, 0.4) is 0 Å². The highest BCUT2D eigenvalue weighted by Gasteiger charge is 2.36. The lowest BCUT2D eigenvalue weighted by atomic mass is 10.0. The molecule has 0 radical (unpaired) electrons. The van der Waals surface area contributed by atoms with Gasteiger partial charge < -0.3 is 15.2 Å². The summed E-state index contributed by atoms with van der Waals surface area (Å²) in [4.78, 5) is 43.2. The number of thioether (sulfide) groups is 1. The Hall–Kier alpha value is -2.64. The van der Waals surface area contributed by atoms with Crippen molar-refractivity contribution in [1.29, 1.82) is 0 Å². The van der Waals surface area contributed by atoms with Gasteiger partial charge in [0.2, 0.25) is 0 Å². The predicted molar refractivity (Wildman–Crippen MR) is 167 cm³/mol. The second kappa shape index (κ2) is 9.98. The highest BCUT2D eigenvalue weighted by atomic mass is 35.5. The van der Waals surface area contributed by atoms with Crippen molar-refractivity contribution in [1.82, 2.24) is 29.7 Å². The number of hydrogen-bond donors (Lipinski definition) is 3. The third-order valence-electron chi connectivity index (χ3n) is 9.11. The number of fused-ring (bicyclic) bond motifs is 3. The summed E-state index contributed by atoms with van der Waals surface area (Å²) in [5.74, 6) is 1.44. The SMILES string of the molecule is CCN1CC[N+](=C[C@H]2CSc3c(-c4csc5[nH]c(=O)[nH]c45)c(Cl)cc4c(N5CC6CCC(C5)N6)nc(=O)n2c34)CC1. The van der Waals surface area contributed by atoms with Crippen LogP contribution in [0.5, 0.6) is 0 Å². The Balaban J connectivity index is 1.34. The number of thiophene rings is 1. The van der Waals surface area contributed by atoms with E-state index in [1.165, 1.54) is 11.3 Å². The van der Waals surface area contributed by atoms with Crippen molar-refractivity contribution < 1.29 is 4.58 Å². The Morgan fingerprint density at radius 1 is 1.17 bits per heavy atom. The molecule has 3 saturated heterocycles. The van der Waals surface area contributed by atoms with Crippen molar-refractivity contribution in [3.8, 4) is 11.1 Å². The van der Waals surface area contributed by atoms with Crippen LogP contribution in [-0.2, 0) is 0 Å². The lowest BCUT2D eigenvalue weighted by molar-refractivity contribution is -0.537. The Morgan fingerprint density at radius 3 is 2.71 bits per heavy atom. The Morgan fingerprint density at radius 2 is 1.95 bits per heavy atom. The molecule has 3 fully saturated rings. The van der Waals surface area contributed by atoms with Gasteiger partial charge in [-0.15, -0.1) is 23.1 Å². The second-order valence-corrected chi connectivity index (χ2v) is 13.8. The minimum Gasteiger partial charge on any atom is -0.353 e. The van der Waals surface area contributed by atoms with E-state index in [2.05, 4.69) is 42.8 Å². The van der Waals surface area contributed by atoms with Gasteiger partial charge in [0.15, 0.2) is 19.3 Å². The van der Waals surface area contributed by atoms with Gasteiger partial charge in [-0.05, 0) is 25.5 Å². The number of hydrogen-bond acceptors (Lipinski definition) is 8. The fourth-order valence-corrected chi connectivity index (χ4v) is 9.61. The zero-order valence-corrected chi connectivity index (χ0v) is 25.2. The highest BCUT2D eigenvalue weighted by Crippen LogP contribution is 2.49. The standard InChI is InChI=1S/C28H31ClN8O2S2/c1-2-34-5-7-35(8-6-34)12-17-13-40-24-21(19-14-41-26-22(19)31-27(38)33-26)20(29)9-18-23(24)37(17)28(39)32-25(18)36-10-15-3-4-16(11-36)30-15/h9,12,14-17,30H,2-8,10-11,13H2,1H3,(H-,31,33,38)/p+1/t15?,16?,17-/m0/s1. The molecule has 8 rings (SSSR count). The first-order valence-corrected chi connectivity index (χ1v) is 16.6. The lowest BCUT2D eigenvalue weighted by Crippen LogP contribution is -2.52. The molecule has 7 heterocycles. The maximum atomic E-state index is 14.0. The molecule has 4 aliphatic rings. The van der Waals surface area contributed by atoms with E-state index < -0.39 is 0 Å². The van der Waals surface area contributed by atoms with Gasteiger partial charge in [-0.3, -0.25) is 14.5 Å². The van der Waals surface area contributed by atoms with Gasteiger partial charge in [-0.25, -0.2) is 14.2 Å². The molecule has 13 heteroatoms. The van der Waals surface area contributed by atoms with Crippen LogP contribution >= 0.6 is 34.7 Å². The summed E-state index contributed by atoms with van der Waals surface area (Å²) in [5.41, 5.74) is 2.95. The number of piperazine rings is 2. The number of benzene rings is 1.